The first-order valence-electron chi connectivity index (χ1n) is 6.18. The zero-order chi connectivity index (χ0) is 14.8. The number of rotatable bonds is 5. The van der Waals surface area contributed by atoms with Crippen LogP contribution in [0.5, 0.6) is 0 Å². The summed E-state index contributed by atoms with van der Waals surface area (Å²) in [6.45, 7) is 3.88. The molecular formula is C14H17NO3S2. The monoisotopic (exact) mass is 311 g/mol. The Morgan fingerprint density at radius 2 is 2.00 bits per heavy atom. The van der Waals surface area contributed by atoms with Crippen LogP contribution in [0, 0.1) is 13.8 Å². The third-order valence-corrected chi connectivity index (χ3v) is 6.05. The smallest absolute Gasteiger partial charge is 0.250 e. The Morgan fingerprint density at radius 1 is 1.25 bits per heavy atom. The average Bonchev–Trinajstić information content (AvgIpc) is 2.79. The predicted octanol–water partition coefficient (Wildman–Crippen LogP) is 2.34. The molecule has 0 saturated carbocycles. The molecule has 20 heavy (non-hydrogen) atoms. The van der Waals surface area contributed by atoms with Gasteiger partial charge in [-0.05, 0) is 31.0 Å². The van der Waals surface area contributed by atoms with Crippen molar-refractivity contribution in [1.82, 2.24) is 4.72 Å². The zero-order valence-electron chi connectivity index (χ0n) is 11.4. The lowest BCUT2D eigenvalue weighted by Crippen LogP contribution is -2.22. The van der Waals surface area contributed by atoms with Gasteiger partial charge in [-0.15, -0.1) is 11.3 Å². The van der Waals surface area contributed by atoms with E-state index in [1.807, 2.05) is 31.2 Å². The van der Waals surface area contributed by atoms with Crippen LogP contribution in [-0.4, -0.2) is 13.5 Å². The minimum absolute atomic E-state index is 0.135. The van der Waals surface area contributed by atoms with E-state index in [2.05, 4.69) is 4.72 Å². The van der Waals surface area contributed by atoms with Gasteiger partial charge in [0, 0.05) is 11.4 Å². The third-order valence-electron chi connectivity index (χ3n) is 2.96. The van der Waals surface area contributed by atoms with Gasteiger partial charge in [-0.25, -0.2) is 13.1 Å². The quantitative estimate of drug-likeness (QED) is 0.890. The molecular weight excluding hydrogens is 294 g/mol. The Kier molecular flexibility index (Phi) is 4.59. The summed E-state index contributed by atoms with van der Waals surface area (Å²) in [5.41, 5.74) is 2.81. The number of hydrogen-bond donors (Lipinski definition) is 2. The van der Waals surface area contributed by atoms with E-state index in [4.69, 9.17) is 5.11 Å². The first kappa shape index (κ1) is 15.2. The molecule has 0 fully saturated rings. The van der Waals surface area contributed by atoms with Gasteiger partial charge in [0.05, 0.1) is 6.61 Å². The molecule has 108 valence electrons. The number of sulfonamides is 1. The number of nitrogens with one attached hydrogen (secondary N) is 1. The Labute approximate surface area is 123 Å². The molecule has 2 rings (SSSR count). The molecule has 6 heteroatoms. The van der Waals surface area contributed by atoms with Crippen molar-refractivity contribution in [3.8, 4) is 0 Å². The van der Waals surface area contributed by atoms with Gasteiger partial charge in [0.1, 0.15) is 4.21 Å². The third kappa shape index (κ3) is 3.46. The van der Waals surface area contributed by atoms with E-state index < -0.39 is 10.0 Å². The largest absolute Gasteiger partial charge is 0.391 e. The number of aryl methyl sites for hydroxylation is 2. The second-order valence-corrected chi connectivity index (χ2v) is 7.77. The van der Waals surface area contributed by atoms with Crippen molar-refractivity contribution in [2.75, 3.05) is 0 Å². The molecule has 0 saturated heterocycles. The fourth-order valence-corrected chi connectivity index (χ4v) is 4.36. The maximum absolute atomic E-state index is 12.2. The molecule has 0 amide bonds. The van der Waals surface area contributed by atoms with Crippen molar-refractivity contribution in [3.05, 3.63) is 51.9 Å². The van der Waals surface area contributed by atoms with Crippen LogP contribution in [0.2, 0.25) is 0 Å². The summed E-state index contributed by atoms with van der Waals surface area (Å²) in [5.74, 6) is 0. The van der Waals surface area contributed by atoms with Crippen LogP contribution < -0.4 is 4.72 Å². The van der Waals surface area contributed by atoms with Gasteiger partial charge < -0.3 is 5.11 Å². The summed E-state index contributed by atoms with van der Waals surface area (Å²) in [7, 11) is -3.53. The Balaban J connectivity index is 2.15. The summed E-state index contributed by atoms with van der Waals surface area (Å²) in [6, 6.07) is 9.29. The lowest BCUT2D eigenvalue weighted by molar-refractivity contribution is 0.285. The van der Waals surface area contributed by atoms with Crippen LogP contribution >= 0.6 is 11.3 Å². The van der Waals surface area contributed by atoms with Crippen molar-refractivity contribution >= 4 is 21.4 Å². The van der Waals surface area contributed by atoms with E-state index in [0.717, 1.165) is 28.0 Å². The molecule has 2 N–H and O–H groups in total. The van der Waals surface area contributed by atoms with E-state index in [1.54, 1.807) is 13.0 Å². The van der Waals surface area contributed by atoms with Crippen LogP contribution in [0.1, 0.15) is 21.6 Å². The fourth-order valence-electron chi connectivity index (χ4n) is 1.85. The highest BCUT2D eigenvalue weighted by Gasteiger charge is 2.18. The van der Waals surface area contributed by atoms with Gasteiger partial charge in [0.25, 0.3) is 0 Å². The molecule has 0 atom stereocenters. The van der Waals surface area contributed by atoms with Gasteiger partial charge in [-0.3, -0.25) is 0 Å². The molecule has 1 aromatic heterocycles. The van der Waals surface area contributed by atoms with Crippen LogP contribution in [-0.2, 0) is 23.2 Å². The van der Waals surface area contributed by atoms with Gasteiger partial charge in [0.15, 0.2) is 0 Å². The molecule has 0 aliphatic heterocycles. The topological polar surface area (TPSA) is 66.4 Å². The highest BCUT2D eigenvalue weighted by atomic mass is 32.2. The van der Waals surface area contributed by atoms with Crippen molar-refractivity contribution in [3.63, 3.8) is 0 Å². The van der Waals surface area contributed by atoms with Crippen LogP contribution in [0.15, 0.2) is 34.5 Å². The molecule has 1 heterocycles. The molecule has 0 spiro atoms. The molecule has 1 aromatic carbocycles. The van der Waals surface area contributed by atoms with E-state index in [-0.39, 0.29) is 17.4 Å². The highest BCUT2D eigenvalue weighted by Crippen LogP contribution is 2.25. The summed E-state index contributed by atoms with van der Waals surface area (Å²) >= 11 is 1.10. The number of aliphatic hydroxyl groups is 1. The number of hydrogen-bond acceptors (Lipinski definition) is 4. The van der Waals surface area contributed by atoms with Crippen molar-refractivity contribution in [2.45, 2.75) is 31.2 Å². The van der Waals surface area contributed by atoms with Gasteiger partial charge >= 0.3 is 0 Å². The predicted molar refractivity (Wildman–Crippen MR) is 80.2 cm³/mol. The molecule has 4 nitrogen and oxygen atoms in total. The van der Waals surface area contributed by atoms with Crippen molar-refractivity contribution < 1.29 is 13.5 Å². The van der Waals surface area contributed by atoms with Crippen LogP contribution in [0.4, 0.5) is 0 Å². The minimum Gasteiger partial charge on any atom is -0.391 e. The molecule has 0 aliphatic rings. The highest BCUT2D eigenvalue weighted by molar-refractivity contribution is 7.91. The summed E-state index contributed by atoms with van der Waals surface area (Å²) in [4.78, 5) is 0.681. The van der Waals surface area contributed by atoms with Gasteiger partial charge in [0.2, 0.25) is 10.0 Å². The zero-order valence-corrected chi connectivity index (χ0v) is 13.0. The molecule has 0 aliphatic carbocycles. The first-order valence-corrected chi connectivity index (χ1v) is 8.48. The lowest BCUT2D eigenvalue weighted by Gasteiger charge is -2.05. The van der Waals surface area contributed by atoms with E-state index in [0.29, 0.717) is 4.88 Å². The molecule has 0 unspecified atom stereocenters. The Hall–Kier alpha value is -1.21. The van der Waals surface area contributed by atoms with Crippen LogP contribution in [0.25, 0.3) is 0 Å². The SMILES string of the molecule is Cc1cccc(CNS(=O)(=O)c2cc(C)c(CO)s2)c1. The maximum Gasteiger partial charge on any atom is 0.250 e. The number of thiophene rings is 1. The van der Waals surface area contributed by atoms with Gasteiger partial charge in [-0.2, -0.15) is 0 Å². The lowest BCUT2D eigenvalue weighted by atomic mass is 10.1. The van der Waals surface area contributed by atoms with E-state index in [9.17, 15) is 8.42 Å². The fraction of sp³-hybridized carbons (Fsp3) is 0.286. The standard InChI is InChI=1S/C14H17NO3S2/c1-10-4-3-5-12(6-10)8-15-20(17,18)14-7-11(2)13(9-16)19-14/h3-7,15-16H,8-9H2,1-2H3. The van der Waals surface area contributed by atoms with Crippen molar-refractivity contribution in [1.29, 1.82) is 0 Å². The number of aliphatic hydroxyl groups excluding tert-OH is 1. The molecule has 0 bridgehead atoms. The average molecular weight is 311 g/mol. The Morgan fingerprint density at radius 3 is 2.60 bits per heavy atom. The first-order chi connectivity index (χ1) is 9.42. The minimum atomic E-state index is -3.53. The maximum atomic E-state index is 12.2. The summed E-state index contributed by atoms with van der Waals surface area (Å²) < 4.78 is 27.2. The summed E-state index contributed by atoms with van der Waals surface area (Å²) in [5, 5.41) is 9.13. The number of benzene rings is 1. The van der Waals surface area contributed by atoms with E-state index in [1.165, 1.54) is 0 Å². The van der Waals surface area contributed by atoms with Gasteiger partial charge in [-0.1, -0.05) is 29.8 Å². The van der Waals surface area contributed by atoms with Crippen LogP contribution in [0.3, 0.4) is 0 Å². The Bertz CT molecular complexity index is 705. The van der Waals surface area contributed by atoms with Crippen molar-refractivity contribution in [2.24, 2.45) is 0 Å². The normalized spacial score (nSPS) is 11.8. The second-order valence-electron chi connectivity index (χ2n) is 4.64. The summed E-state index contributed by atoms with van der Waals surface area (Å²) in [6.07, 6.45) is 0. The molecule has 0 radical (unpaired) electrons. The van der Waals surface area contributed by atoms with E-state index >= 15 is 0 Å². The second kappa shape index (κ2) is 6.05. The molecule has 2 aromatic rings.